The summed E-state index contributed by atoms with van der Waals surface area (Å²) in [6.45, 7) is 4.63. The Bertz CT molecular complexity index is 1240. The molecular formula is C27H25N3O. The van der Waals surface area contributed by atoms with E-state index in [0.717, 1.165) is 33.5 Å². The molecule has 0 saturated carbocycles. The van der Waals surface area contributed by atoms with Crippen molar-refractivity contribution in [1.29, 1.82) is 5.26 Å². The van der Waals surface area contributed by atoms with Crippen LogP contribution >= 0.6 is 0 Å². The average molecular weight is 408 g/mol. The van der Waals surface area contributed by atoms with Crippen LogP contribution in [0.25, 0.3) is 11.1 Å². The van der Waals surface area contributed by atoms with Crippen molar-refractivity contribution in [2.45, 2.75) is 26.6 Å². The van der Waals surface area contributed by atoms with Crippen LogP contribution in [0.5, 0.6) is 0 Å². The maximum Gasteiger partial charge on any atom is 0.124 e. The first kappa shape index (κ1) is 20.6. The predicted molar refractivity (Wildman–Crippen MR) is 122 cm³/mol. The molecule has 0 N–H and O–H groups in total. The van der Waals surface area contributed by atoms with Gasteiger partial charge >= 0.3 is 0 Å². The maximum absolute atomic E-state index is 9.75. The molecule has 1 atom stereocenters. The van der Waals surface area contributed by atoms with E-state index in [-0.39, 0.29) is 6.10 Å². The molecule has 0 aliphatic heterocycles. The quantitative estimate of drug-likeness (QED) is 0.401. The fourth-order valence-corrected chi connectivity index (χ4v) is 3.80. The van der Waals surface area contributed by atoms with Crippen LogP contribution in [0, 0.1) is 25.2 Å². The number of aryl methyl sites for hydroxylation is 3. The van der Waals surface area contributed by atoms with Crippen molar-refractivity contribution in [3.8, 4) is 17.2 Å². The molecule has 31 heavy (non-hydrogen) atoms. The van der Waals surface area contributed by atoms with Gasteiger partial charge in [-0.25, -0.2) is 4.98 Å². The standard InChI is InChI=1S/C27H25N3O/c1-19-9-10-20(2)24(13-19)25-14-22(11-12-23(25)15-28)27(26-16-29-18-30(26)3)31-17-21-7-5-4-6-8-21/h4-14,16,18,27H,17H2,1-3H3. The Labute approximate surface area is 183 Å². The molecule has 4 heteroatoms. The van der Waals surface area contributed by atoms with Crippen molar-refractivity contribution >= 4 is 0 Å². The van der Waals surface area contributed by atoms with Gasteiger partial charge in [0.25, 0.3) is 0 Å². The van der Waals surface area contributed by atoms with Gasteiger partial charge in [-0.05, 0) is 48.2 Å². The Morgan fingerprint density at radius 2 is 1.81 bits per heavy atom. The fraction of sp³-hybridized carbons (Fsp3) is 0.185. The van der Waals surface area contributed by atoms with Gasteiger partial charge in [-0.15, -0.1) is 0 Å². The van der Waals surface area contributed by atoms with Gasteiger partial charge in [0.05, 0.1) is 36.5 Å². The lowest BCUT2D eigenvalue weighted by Crippen LogP contribution is -2.11. The highest BCUT2D eigenvalue weighted by Crippen LogP contribution is 2.34. The highest BCUT2D eigenvalue weighted by molar-refractivity contribution is 5.74. The van der Waals surface area contributed by atoms with Gasteiger partial charge in [0.15, 0.2) is 0 Å². The molecule has 154 valence electrons. The zero-order valence-corrected chi connectivity index (χ0v) is 18.0. The first-order chi connectivity index (χ1) is 15.1. The van der Waals surface area contributed by atoms with E-state index in [2.05, 4.69) is 61.3 Å². The molecular weight excluding hydrogens is 382 g/mol. The maximum atomic E-state index is 9.75. The summed E-state index contributed by atoms with van der Waals surface area (Å²) in [5, 5.41) is 9.75. The lowest BCUT2D eigenvalue weighted by molar-refractivity contribution is 0.0622. The monoisotopic (exact) mass is 407 g/mol. The number of hydrogen-bond donors (Lipinski definition) is 0. The molecule has 0 bridgehead atoms. The van der Waals surface area contributed by atoms with Crippen LogP contribution in [-0.2, 0) is 18.4 Å². The summed E-state index contributed by atoms with van der Waals surface area (Å²) in [5.41, 5.74) is 8.03. The molecule has 1 unspecified atom stereocenters. The number of benzene rings is 3. The second kappa shape index (κ2) is 8.99. The third-order valence-electron chi connectivity index (χ3n) is 5.53. The molecule has 0 radical (unpaired) electrons. The zero-order valence-electron chi connectivity index (χ0n) is 18.0. The number of hydrogen-bond acceptors (Lipinski definition) is 3. The molecule has 4 nitrogen and oxygen atoms in total. The topological polar surface area (TPSA) is 50.8 Å². The van der Waals surface area contributed by atoms with E-state index in [1.165, 1.54) is 5.56 Å². The average Bonchev–Trinajstić information content (AvgIpc) is 3.22. The molecule has 1 aromatic heterocycles. The van der Waals surface area contributed by atoms with Crippen molar-refractivity contribution in [2.75, 3.05) is 0 Å². The van der Waals surface area contributed by atoms with Crippen LogP contribution in [0.2, 0.25) is 0 Å². The number of rotatable bonds is 6. The van der Waals surface area contributed by atoms with Crippen molar-refractivity contribution in [2.24, 2.45) is 7.05 Å². The summed E-state index contributed by atoms with van der Waals surface area (Å²) in [5.74, 6) is 0. The van der Waals surface area contributed by atoms with E-state index < -0.39 is 0 Å². The number of nitrogens with zero attached hydrogens (tertiary/aromatic N) is 3. The minimum Gasteiger partial charge on any atom is -0.363 e. The van der Waals surface area contributed by atoms with E-state index in [1.807, 2.05) is 48.1 Å². The first-order valence-electron chi connectivity index (χ1n) is 10.3. The van der Waals surface area contributed by atoms with Gasteiger partial charge in [-0.1, -0.05) is 60.2 Å². The van der Waals surface area contributed by atoms with Gasteiger partial charge in [0.1, 0.15) is 6.10 Å². The van der Waals surface area contributed by atoms with Crippen LogP contribution in [0.3, 0.4) is 0 Å². The largest absolute Gasteiger partial charge is 0.363 e. The van der Waals surface area contributed by atoms with E-state index in [1.54, 1.807) is 6.33 Å². The van der Waals surface area contributed by atoms with Crippen LogP contribution in [0.4, 0.5) is 0 Å². The highest BCUT2D eigenvalue weighted by atomic mass is 16.5. The van der Waals surface area contributed by atoms with Crippen molar-refractivity contribution < 1.29 is 4.74 Å². The number of aromatic nitrogens is 2. The summed E-state index contributed by atoms with van der Waals surface area (Å²) in [7, 11) is 1.97. The van der Waals surface area contributed by atoms with E-state index in [4.69, 9.17) is 4.74 Å². The molecule has 0 spiro atoms. The summed E-state index contributed by atoms with van der Waals surface area (Å²) >= 11 is 0. The zero-order chi connectivity index (χ0) is 21.8. The number of ether oxygens (including phenoxy) is 1. The van der Waals surface area contributed by atoms with Crippen LogP contribution < -0.4 is 0 Å². The van der Waals surface area contributed by atoms with Crippen molar-refractivity contribution in [1.82, 2.24) is 9.55 Å². The highest BCUT2D eigenvalue weighted by Gasteiger charge is 2.21. The van der Waals surface area contributed by atoms with Crippen molar-refractivity contribution in [3.05, 3.63) is 113 Å². The molecule has 1 heterocycles. The molecule has 0 saturated heterocycles. The third-order valence-corrected chi connectivity index (χ3v) is 5.53. The minimum absolute atomic E-state index is 0.302. The summed E-state index contributed by atoms with van der Waals surface area (Å²) in [6.07, 6.45) is 3.32. The van der Waals surface area contributed by atoms with Crippen molar-refractivity contribution in [3.63, 3.8) is 0 Å². The van der Waals surface area contributed by atoms with E-state index in [9.17, 15) is 5.26 Å². The van der Waals surface area contributed by atoms with Crippen LogP contribution in [-0.4, -0.2) is 9.55 Å². The van der Waals surface area contributed by atoms with Gasteiger partial charge in [-0.2, -0.15) is 5.26 Å². The summed E-state index contributed by atoms with van der Waals surface area (Å²) in [4.78, 5) is 4.29. The molecule has 3 aromatic carbocycles. The minimum atomic E-state index is -0.302. The Balaban J connectivity index is 1.79. The Morgan fingerprint density at radius 3 is 2.52 bits per heavy atom. The number of nitriles is 1. The SMILES string of the molecule is Cc1ccc(C)c(-c2cc(C(OCc3ccccc3)c3cncn3C)ccc2C#N)c1. The summed E-state index contributed by atoms with van der Waals surface area (Å²) in [6, 6.07) is 24.8. The second-order valence-electron chi connectivity index (χ2n) is 7.84. The fourth-order valence-electron chi connectivity index (χ4n) is 3.80. The van der Waals surface area contributed by atoms with Gasteiger partial charge in [0.2, 0.25) is 0 Å². The van der Waals surface area contributed by atoms with Crippen LogP contribution in [0.1, 0.15) is 39.6 Å². The van der Waals surface area contributed by atoms with Gasteiger partial charge in [0, 0.05) is 12.6 Å². The van der Waals surface area contributed by atoms with Crippen LogP contribution in [0.15, 0.2) is 79.3 Å². The molecule has 0 aliphatic carbocycles. The summed E-state index contributed by atoms with van der Waals surface area (Å²) < 4.78 is 8.39. The number of imidazole rings is 1. The Kier molecular flexibility index (Phi) is 5.97. The molecule has 4 aromatic rings. The van der Waals surface area contributed by atoms with E-state index in [0.29, 0.717) is 12.2 Å². The van der Waals surface area contributed by atoms with Gasteiger partial charge < -0.3 is 9.30 Å². The third kappa shape index (κ3) is 4.42. The smallest absolute Gasteiger partial charge is 0.124 e. The van der Waals surface area contributed by atoms with Gasteiger partial charge in [-0.3, -0.25) is 0 Å². The molecule has 0 aliphatic rings. The Hall–Kier alpha value is -3.68. The predicted octanol–water partition coefficient (Wildman–Crippen LogP) is 5.88. The molecule has 0 fully saturated rings. The molecule has 4 rings (SSSR count). The van der Waals surface area contributed by atoms with E-state index >= 15 is 0 Å². The first-order valence-corrected chi connectivity index (χ1v) is 10.3. The normalized spacial score (nSPS) is 11.8. The lowest BCUT2D eigenvalue weighted by Gasteiger charge is -2.21. The molecule has 0 amide bonds. The Morgan fingerprint density at radius 1 is 1.00 bits per heavy atom. The second-order valence-corrected chi connectivity index (χ2v) is 7.84. The lowest BCUT2D eigenvalue weighted by atomic mass is 9.92.